The molecule has 0 saturated carbocycles. The summed E-state index contributed by atoms with van der Waals surface area (Å²) in [4.78, 5) is 17.3. The zero-order chi connectivity index (χ0) is 23.7. The molecule has 173 valence electrons. The zero-order valence-corrected chi connectivity index (χ0v) is 19.6. The van der Waals surface area contributed by atoms with Crippen LogP contribution in [0, 0.1) is 0 Å². The molecular weight excluding hydrogens is 448 g/mol. The summed E-state index contributed by atoms with van der Waals surface area (Å²) >= 11 is 0. The van der Waals surface area contributed by atoms with Crippen molar-refractivity contribution in [3.8, 4) is 11.3 Å². The van der Waals surface area contributed by atoms with Crippen LogP contribution in [0.2, 0.25) is 0 Å². The molecule has 1 saturated heterocycles. The lowest BCUT2D eigenvalue weighted by molar-refractivity contribution is 0.0965. The van der Waals surface area contributed by atoms with Crippen molar-refractivity contribution in [1.82, 2.24) is 14.6 Å². The minimum atomic E-state index is -3.13. The van der Waals surface area contributed by atoms with E-state index in [1.54, 1.807) is 4.31 Å². The van der Waals surface area contributed by atoms with E-state index in [4.69, 9.17) is 4.98 Å². The molecule has 0 spiro atoms. The van der Waals surface area contributed by atoms with Crippen LogP contribution in [0.1, 0.15) is 40.2 Å². The number of anilines is 2. The maximum absolute atomic E-state index is 12.6. The highest BCUT2D eigenvalue weighted by Gasteiger charge is 2.26. The average Bonchev–Trinajstić information content (AvgIpc) is 2.84. The molecule has 1 amide bonds. The van der Waals surface area contributed by atoms with E-state index in [0.717, 1.165) is 35.3 Å². The fourth-order valence-corrected chi connectivity index (χ4v) is 5.39. The normalized spacial score (nSPS) is 16.7. The highest BCUT2D eigenvalue weighted by molar-refractivity contribution is 7.88. The maximum atomic E-state index is 12.6. The highest BCUT2D eigenvalue weighted by Crippen LogP contribution is 2.32. The SMILES string of the molecule is CS(=O)(=O)N1CCC(c2ccc(Nc3nc(-c4ccccc4)cc4c3C(=O)[N]C=C4)cc2)CC1. The van der Waals surface area contributed by atoms with Crippen molar-refractivity contribution in [2.45, 2.75) is 18.8 Å². The van der Waals surface area contributed by atoms with Crippen LogP contribution in [0.25, 0.3) is 17.3 Å². The lowest BCUT2D eigenvalue weighted by atomic mass is 9.90. The van der Waals surface area contributed by atoms with Crippen LogP contribution in [-0.2, 0) is 10.0 Å². The number of carbonyl (C=O) groups excluding carboxylic acids is 1. The van der Waals surface area contributed by atoms with E-state index in [1.807, 2.05) is 54.6 Å². The van der Waals surface area contributed by atoms with Gasteiger partial charge in [0.1, 0.15) is 5.82 Å². The van der Waals surface area contributed by atoms with Gasteiger partial charge in [-0.2, -0.15) is 0 Å². The Morgan fingerprint density at radius 2 is 1.71 bits per heavy atom. The molecule has 34 heavy (non-hydrogen) atoms. The van der Waals surface area contributed by atoms with Gasteiger partial charge in [0.2, 0.25) is 10.0 Å². The Hall–Kier alpha value is -3.49. The molecule has 0 atom stereocenters. The van der Waals surface area contributed by atoms with E-state index in [2.05, 4.69) is 22.8 Å². The smallest absolute Gasteiger partial charge is 0.281 e. The largest absolute Gasteiger partial charge is 0.340 e. The standard InChI is InChI=1S/C26H25N4O3S/c1-34(32,33)30-15-12-19(13-16-30)18-7-9-22(10-8-18)28-25-24-21(11-14-27-26(24)31)17-23(29-25)20-5-3-2-4-6-20/h2-11,14,17,19H,12-13,15-16H2,1H3,(H,28,29). The molecule has 0 bridgehead atoms. The number of hydrogen-bond donors (Lipinski definition) is 1. The average molecular weight is 474 g/mol. The number of aromatic nitrogens is 1. The third kappa shape index (κ3) is 4.60. The Morgan fingerprint density at radius 3 is 2.38 bits per heavy atom. The number of hydrogen-bond acceptors (Lipinski definition) is 5. The second-order valence-electron chi connectivity index (χ2n) is 8.62. The molecule has 2 aromatic carbocycles. The Bertz CT molecular complexity index is 1340. The number of nitrogens with zero attached hydrogens (tertiary/aromatic N) is 3. The van der Waals surface area contributed by atoms with Crippen molar-refractivity contribution in [2.24, 2.45) is 0 Å². The van der Waals surface area contributed by atoms with E-state index in [0.29, 0.717) is 30.4 Å². The summed E-state index contributed by atoms with van der Waals surface area (Å²) < 4.78 is 25.1. The highest BCUT2D eigenvalue weighted by atomic mass is 32.2. The van der Waals surface area contributed by atoms with Gasteiger partial charge in [-0.15, -0.1) is 0 Å². The van der Waals surface area contributed by atoms with Gasteiger partial charge in [0, 0.05) is 30.5 Å². The number of pyridine rings is 1. The minimum absolute atomic E-state index is 0.318. The summed E-state index contributed by atoms with van der Waals surface area (Å²) in [6.07, 6.45) is 6.21. The van der Waals surface area contributed by atoms with E-state index in [1.165, 1.54) is 18.0 Å². The quantitative estimate of drug-likeness (QED) is 0.594. The predicted octanol–water partition coefficient (Wildman–Crippen LogP) is 4.36. The van der Waals surface area contributed by atoms with Crippen molar-refractivity contribution >= 4 is 33.5 Å². The Morgan fingerprint density at radius 1 is 1.00 bits per heavy atom. The molecule has 3 aromatic rings. The number of sulfonamides is 1. The van der Waals surface area contributed by atoms with Gasteiger partial charge < -0.3 is 5.32 Å². The van der Waals surface area contributed by atoms with Crippen LogP contribution < -0.4 is 10.6 Å². The first-order valence-corrected chi connectivity index (χ1v) is 13.1. The summed E-state index contributed by atoms with van der Waals surface area (Å²) in [5.41, 5.74) is 4.98. The van der Waals surface area contributed by atoms with Crippen molar-refractivity contribution in [3.63, 3.8) is 0 Å². The third-order valence-corrected chi connectivity index (χ3v) is 7.65. The molecule has 0 unspecified atom stereocenters. The zero-order valence-electron chi connectivity index (χ0n) is 18.8. The van der Waals surface area contributed by atoms with E-state index in [-0.39, 0.29) is 5.91 Å². The van der Waals surface area contributed by atoms with Crippen LogP contribution in [0.3, 0.4) is 0 Å². The number of piperidine rings is 1. The lowest BCUT2D eigenvalue weighted by Crippen LogP contribution is -2.37. The Labute approximate surface area is 199 Å². The Balaban J connectivity index is 1.39. The molecule has 1 fully saturated rings. The molecule has 5 rings (SSSR count). The first-order valence-electron chi connectivity index (χ1n) is 11.2. The maximum Gasteiger partial charge on any atom is 0.281 e. The van der Waals surface area contributed by atoms with Gasteiger partial charge in [-0.25, -0.2) is 23.0 Å². The van der Waals surface area contributed by atoms with Crippen LogP contribution in [0.5, 0.6) is 0 Å². The monoisotopic (exact) mass is 473 g/mol. The molecule has 0 aliphatic carbocycles. The van der Waals surface area contributed by atoms with E-state index in [9.17, 15) is 13.2 Å². The molecule has 1 aromatic heterocycles. The molecule has 8 heteroatoms. The first-order chi connectivity index (χ1) is 16.4. The number of nitrogens with one attached hydrogen (secondary N) is 1. The van der Waals surface area contributed by atoms with Crippen LogP contribution >= 0.6 is 0 Å². The van der Waals surface area contributed by atoms with Gasteiger partial charge in [0.15, 0.2) is 0 Å². The van der Waals surface area contributed by atoms with Gasteiger partial charge in [-0.1, -0.05) is 42.5 Å². The summed E-state index contributed by atoms with van der Waals surface area (Å²) in [6.45, 7) is 1.09. The van der Waals surface area contributed by atoms with Gasteiger partial charge in [0.25, 0.3) is 5.91 Å². The Kier molecular flexibility index (Phi) is 5.93. The second-order valence-corrected chi connectivity index (χ2v) is 10.6. The molecule has 1 radical (unpaired) electrons. The van der Waals surface area contributed by atoms with Crippen molar-refractivity contribution in [2.75, 3.05) is 24.7 Å². The molecule has 7 nitrogen and oxygen atoms in total. The number of carbonyl (C=O) groups is 1. The first kappa shape index (κ1) is 22.3. The fraction of sp³-hybridized carbons (Fsp3) is 0.231. The summed E-state index contributed by atoms with van der Waals surface area (Å²) in [6, 6.07) is 19.8. The number of amides is 1. The summed E-state index contributed by atoms with van der Waals surface area (Å²) in [5, 5.41) is 7.24. The topological polar surface area (TPSA) is 93.5 Å². The summed E-state index contributed by atoms with van der Waals surface area (Å²) in [7, 11) is -3.13. The van der Waals surface area contributed by atoms with Crippen LogP contribution in [-0.4, -0.2) is 43.0 Å². The molecular formula is C26H25N4O3S. The third-order valence-electron chi connectivity index (χ3n) is 6.35. The van der Waals surface area contributed by atoms with E-state index < -0.39 is 10.0 Å². The van der Waals surface area contributed by atoms with Gasteiger partial charge in [-0.3, -0.25) is 4.79 Å². The second kappa shape index (κ2) is 9.04. The number of benzene rings is 2. The van der Waals surface area contributed by atoms with Crippen molar-refractivity contribution in [1.29, 1.82) is 0 Å². The number of fused-ring (bicyclic) bond motifs is 1. The lowest BCUT2D eigenvalue weighted by Gasteiger charge is -2.30. The molecule has 3 heterocycles. The van der Waals surface area contributed by atoms with Crippen molar-refractivity contribution < 1.29 is 13.2 Å². The van der Waals surface area contributed by atoms with E-state index >= 15 is 0 Å². The van der Waals surface area contributed by atoms with Gasteiger partial charge >= 0.3 is 0 Å². The molecule has 1 N–H and O–H groups in total. The van der Waals surface area contributed by atoms with Crippen molar-refractivity contribution in [3.05, 3.63) is 83.6 Å². The van der Waals surface area contributed by atoms with Crippen LogP contribution in [0.15, 0.2) is 66.9 Å². The predicted molar refractivity (Wildman–Crippen MR) is 133 cm³/mol. The van der Waals surface area contributed by atoms with Gasteiger partial charge in [0.05, 0.1) is 17.5 Å². The summed E-state index contributed by atoms with van der Waals surface area (Å²) in [5.74, 6) is 0.481. The minimum Gasteiger partial charge on any atom is -0.340 e. The molecule has 2 aliphatic rings. The molecule has 2 aliphatic heterocycles. The number of rotatable bonds is 5. The van der Waals surface area contributed by atoms with Crippen LogP contribution in [0.4, 0.5) is 11.5 Å². The van der Waals surface area contributed by atoms with Gasteiger partial charge in [-0.05, 0) is 54.2 Å². The fourth-order valence-electron chi connectivity index (χ4n) is 4.51.